The van der Waals surface area contributed by atoms with Gasteiger partial charge < -0.3 is 9.72 Å². The minimum absolute atomic E-state index is 0.108. The minimum Gasteiger partial charge on any atom is -0.460 e. The van der Waals surface area contributed by atoms with E-state index in [1.165, 1.54) is 7.05 Å². The molecule has 9 heteroatoms. The molecule has 0 aliphatic rings. The summed E-state index contributed by atoms with van der Waals surface area (Å²) in [6.07, 6.45) is -0.228. The summed E-state index contributed by atoms with van der Waals surface area (Å²) in [5.41, 5.74) is -0.126. The number of rotatable bonds is 6. The molecular weight excluding hydrogens is 416 g/mol. The number of ether oxygens (including phenoxy) is 1. The number of halogens is 1. The van der Waals surface area contributed by atoms with Crippen molar-refractivity contribution in [1.29, 1.82) is 0 Å². The largest absolute Gasteiger partial charge is 0.460 e. The molecule has 1 aromatic carbocycles. The van der Waals surface area contributed by atoms with Crippen LogP contribution in [0.2, 0.25) is 5.02 Å². The van der Waals surface area contributed by atoms with Gasteiger partial charge in [0, 0.05) is 17.8 Å². The number of hydrogen-bond acceptors (Lipinski definition) is 5. The number of pyridine rings is 1. The molecule has 2 rings (SSSR count). The average Bonchev–Trinajstić information content (AvgIpc) is 2.51. The van der Waals surface area contributed by atoms with E-state index in [-0.39, 0.29) is 23.4 Å². The zero-order valence-corrected chi connectivity index (χ0v) is 18.6. The number of aromatic amines is 1. The van der Waals surface area contributed by atoms with E-state index in [2.05, 4.69) is 4.98 Å². The molecule has 0 radical (unpaired) electrons. The highest BCUT2D eigenvalue weighted by Gasteiger charge is 2.26. The van der Waals surface area contributed by atoms with E-state index in [0.29, 0.717) is 16.3 Å². The molecule has 0 fully saturated rings. The van der Waals surface area contributed by atoms with E-state index in [4.69, 9.17) is 16.3 Å². The lowest BCUT2D eigenvalue weighted by molar-refractivity contribution is -0.153. The summed E-state index contributed by atoms with van der Waals surface area (Å²) in [6.45, 7) is 6.85. The Morgan fingerprint density at radius 3 is 2.48 bits per heavy atom. The van der Waals surface area contributed by atoms with E-state index < -0.39 is 27.2 Å². The van der Waals surface area contributed by atoms with Gasteiger partial charge in [-0.15, -0.1) is 0 Å². The molecule has 0 aliphatic heterocycles. The quantitative estimate of drug-likeness (QED) is 0.696. The Morgan fingerprint density at radius 1 is 1.24 bits per heavy atom. The van der Waals surface area contributed by atoms with Crippen LogP contribution in [0, 0.1) is 6.92 Å². The van der Waals surface area contributed by atoms with Crippen molar-refractivity contribution in [2.45, 2.75) is 45.5 Å². The van der Waals surface area contributed by atoms with E-state index in [1.54, 1.807) is 58.0 Å². The first-order chi connectivity index (χ1) is 13.3. The summed E-state index contributed by atoms with van der Waals surface area (Å²) >= 11 is 5.93. The summed E-state index contributed by atoms with van der Waals surface area (Å²) in [5, 5.41) is 0.416. The standard InChI is InChI=1S/C20H25ClN2O5S/c1-13-9-15(11-17(24)28-20(2,3)4)18(19(25)22-13)23(5)29(26,27)12-14-7-6-8-16(21)10-14/h6-10H,11-12H2,1-5H3,(H,22,25). The van der Waals surface area contributed by atoms with Gasteiger partial charge in [-0.2, -0.15) is 0 Å². The van der Waals surface area contributed by atoms with Gasteiger partial charge in [0.2, 0.25) is 10.0 Å². The van der Waals surface area contributed by atoms with Gasteiger partial charge in [-0.25, -0.2) is 8.42 Å². The Labute approximate surface area is 175 Å². The van der Waals surface area contributed by atoms with Crippen LogP contribution in [0.3, 0.4) is 0 Å². The molecule has 0 saturated carbocycles. The monoisotopic (exact) mass is 440 g/mol. The van der Waals surface area contributed by atoms with Gasteiger partial charge in [0.05, 0.1) is 12.2 Å². The number of sulfonamides is 1. The fraction of sp³-hybridized carbons (Fsp3) is 0.400. The van der Waals surface area contributed by atoms with Crippen LogP contribution >= 0.6 is 11.6 Å². The molecular formula is C20H25ClN2O5S. The van der Waals surface area contributed by atoms with Crippen molar-refractivity contribution in [2.24, 2.45) is 0 Å². The average molecular weight is 441 g/mol. The third-order valence-corrected chi connectivity index (χ3v) is 5.90. The van der Waals surface area contributed by atoms with Crippen LogP contribution in [-0.2, 0) is 31.7 Å². The Bertz CT molecular complexity index is 1070. The van der Waals surface area contributed by atoms with Crippen LogP contribution in [0.5, 0.6) is 0 Å². The third-order valence-electron chi connectivity index (χ3n) is 3.95. The fourth-order valence-electron chi connectivity index (χ4n) is 2.84. The predicted octanol–water partition coefficient (Wildman–Crippen LogP) is 3.19. The molecule has 0 bridgehead atoms. The molecule has 7 nitrogen and oxygen atoms in total. The van der Waals surface area contributed by atoms with Crippen molar-refractivity contribution < 1.29 is 17.9 Å². The highest BCUT2D eigenvalue weighted by molar-refractivity contribution is 7.92. The van der Waals surface area contributed by atoms with Gasteiger partial charge in [0.1, 0.15) is 11.3 Å². The number of H-pyrrole nitrogens is 1. The van der Waals surface area contributed by atoms with E-state index in [0.717, 1.165) is 4.31 Å². The number of nitrogens with zero attached hydrogens (tertiary/aromatic N) is 1. The lowest BCUT2D eigenvalue weighted by Crippen LogP contribution is -2.34. The Hall–Kier alpha value is -2.32. The number of benzene rings is 1. The maximum absolute atomic E-state index is 12.9. The van der Waals surface area contributed by atoms with Gasteiger partial charge in [-0.05, 0) is 57.0 Å². The van der Waals surface area contributed by atoms with Crippen molar-refractivity contribution in [3.63, 3.8) is 0 Å². The molecule has 0 aliphatic carbocycles. The van der Waals surface area contributed by atoms with Crippen LogP contribution in [0.4, 0.5) is 5.69 Å². The smallest absolute Gasteiger partial charge is 0.310 e. The topological polar surface area (TPSA) is 96.5 Å². The number of anilines is 1. The molecule has 0 amide bonds. The molecule has 0 unspecified atom stereocenters. The lowest BCUT2D eigenvalue weighted by atomic mass is 10.1. The fourth-order valence-corrected chi connectivity index (χ4v) is 4.32. The van der Waals surface area contributed by atoms with Crippen LogP contribution in [0.25, 0.3) is 0 Å². The Balaban J connectivity index is 2.41. The van der Waals surface area contributed by atoms with Crippen LogP contribution in [0.1, 0.15) is 37.6 Å². The first kappa shape index (κ1) is 23.0. The molecule has 0 atom stereocenters. The summed E-state index contributed by atoms with van der Waals surface area (Å²) in [7, 11) is -2.62. The second-order valence-corrected chi connectivity index (χ2v) is 10.2. The highest BCUT2D eigenvalue weighted by atomic mass is 35.5. The Morgan fingerprint density at radius 2 is 1.90 bits per heavy atom. The number of nitrogens with one attached hydrogen (secondary N) is 1. The van der Waals surface area contributed by atoms with Crippen molar-refractivity contribution >= 4 is 33.3 Å². The Kier molecular flexibility index (Phi) is 6.80. The summed E-state index contributed by atoms with van der Waals surface area (Å²) in [5.74, 6) is -0.895. The van der Waals surface area contributed by atoms with Crippen LogP contribution in [-0.4, -0.2) is 32.0 Å². The van der Waals surface area contributed by atoms with E-state index >= 15 is 0 Å². The number of esters is 1. The van der Waals surface area contributed by atoms with Crippen molar-refractivity contribution in [3.05, 3.63) is 62.5 Å². The number of carbonyl (C=O) groups excluding carboxylic acids is 1. The lowest BCUT2D eigenvalue weighted by Gasteiger charge is -2.23. The number of carbonyl (C=O) groups is 1. The second-order valence-electron chi connectivity index (χ2n) is 7.77. The maximum atomic E-state index is 12.9. The molecule has 158 valence electrons. The van der Waals surface area contributed by atoms with Crippen LogP contribution in [0.15, 0.2) is 35.1 Å². The maximum Gasteiger partial charge on any atom is 0.310 e. The number of aryl methyl sites for hydroxylation is 1. The van der Waals surface area contributed by atoms with Crippen molar-refractivity contribution in [1.82, 2.24) is 4.98 Å². The summed E-state index contributed by atoms with van der Waals surface area (Å²) in [4.78, 5) is 27.5. The van der Waals surface area contributed by atoms with E-state index in [9.17, 15) is 18.0 Å². The zero-order chi connectivity index (χ0) is 22.0. The van der Waals surface area contributed by atoms with Crippen LogP contribution < -0.4 is 9.86 Å². The number of hydrogen-bond donors (Lipinski definition) is 1. The third kappa shape index (κ3) is 6.33. The summed E-state index contributed by atoms with van der Waals surface area (Å²) < 4.78 is 32.1. The second kappa shape index (κ2) is 8.59. The molecule has 1 aromatic heterocycles. The van der Waals surface area contributed by atoms with Crippen molar-refractivity contribution in [3.8, 4) is 0 Å². The van der Waals surface area contributed by atoms with Crippen molar-refractivity contribution in [2.75, 3.05) is 11.4 Å². The SMILES string of the molecule is Cc1cc(CC(=O)OC(C)(C)C)c(N(C)S(=O)(=O)Cc2cccc(Cl)c2)c(=O)[nH]1. The van der Waals surface area contributed by atoms with Gasteiger partial charge in [0.25, 0.3) is 5.56 Å². The molecule has 29 heavy (non-hydrogen) atoms. The van der Waals surface area contributed by atoms with Gasteiger partial charge in [0.15, 0.2) is 0 Å². The molecule has 1 heterocycles. The first-order valence-corrected chi connectivity index (χ1v) is 10.9. The van der Waals surface area contributed by atoms with Gasteiger partial charge in [-0.1, -0.05) is 23.7 Å². The first-order valence-electron chi connectivity index (χ1n) is 8.94. The normalized spacial score (nSPS) is 11.9. The predicted molar refractivity (Wildman–Crippen MR) is 114 cm³/mol. The van der Waals surface area contributed by atoms with Gasteiger partial charge in [-0.3, -0.25) is 13.9 Å². The van der Waals surface area contributed by atoms with E-state index in [1.807, 2.05) is 0 Å². The minimum atomic E-state index is -3.91. The number of aromatic nitrogens is 1. The highest BCUT2D eigenvalue weighted by Crippen LogP contribution is 2.23. The molecule has 1 N–H and O–H groups in total. The zero-order valence-electron chi connectivity index (χ0n) is 17.1. The molecule has 0 saturated heterocycles. The van der Waals surface area contributed by atoms with Gasteiger partial charge >= 0.3 is 5.97 Å². The summed E-state index contributed by atoms with van der Waals surface area (Å²) in [6, 6.07) is 8.06. The molecule has 2 aromatic rings. The molecule has 0 spiro atoms.